The Hall–Kier alpha value is -1.01. The molecule has 0 spiro atoms. The summed E-state index contributed by atoms with van der Waals surface area (Å²) >= 11 is 0. The second-order valence-electron chi connectivity index (χ2n) is 4.32. The quantitative estimate of drug-likeness (QED) is 0.616. The van der Waals surface area contributed by atoms with Gasteiger partial charge in [-0.15, -0.1) is 6.42 Å². The monoisotopic (exact) mass is 192 g/mol. The van der Waals surface area contributed by atoms with Gasteiger partial charge in [-0.05, 0) is 31.7 Å². The summed E-state index contributed by atoms with van der Waals surface area (Å²) in [6, 6.07) is 0.958. The fraction of sp³-hybridized carbons (Fsp3) is 0.727. The fourth-order valence-corrected chi connectivity index (χ4v) is 2.59. The number of rotatable bonds is 2. The van der Waals surface area contributed by atoms with E-state index >= 15 is 0 Å². The third-order valence-corrected chi connectivity index (χ3v) is 3.13. The van der Waals surface area contributed by atoms with E-state index in [-0.39, 0.29) is 12.3 Å². The first-order valence-electron chi connectivity index (χ1n) is 5.24. The van der Waals surface area contributed by atoms with E-state index in [1.165, 1.54) is 6.42 Å². The molecule has 1 saturated carbocycles. The molecule has 0 radical (unpaired) electrons. The van der Waals surface area contributed by atoms with Crippen LogP contribution in [0.1, 0.15) is 25.7 Å². The minimum Gasteiger partial charge on any atom is -0.352 e. The molecule has 0 aromatic heterocycles. The number of carbonyl (C=O) groups is 1. The largest absolute Gasteiger partial charge is 0.352 e. The van der Waals surface area contributed by atoms with Crippen molar-refractivity contribution < 1.29 is 4.79 Å². The Labute approximate surface area is 84.6 Å². The van der Waals surface area contributed by atoms with E-state index in [9.17, 15) is 4.79 Å². The molecule has 2 rings (SSSR count). The zero-order valence-corrected chi connectivity index (χ0v) is 8.25. The van der Waals surface area contributed by atoms with Gasteiger partial charge in [-0.1, -0.05) is 5.92 Å². The molecular formula is C11H16N2O. The van der Waals surface area contributed by atoms with E-state index in [1.807, 2.05) is 0 Å². The number of hydrogen-bond donors (Lipinski definition) is 2. The first-order valence-corrected chi connectivity index (χ1v) is 5.24. The molecule has 14 heavy (non-hydrogen) atoms. The van der Waals surface area contributed by atoms with Crippen molar-refractivity contribution in [1.29, 1.82) is 0 Å². The molecule has 1 amide bonds. The van der Waals surface area contributed by atoms with Gasteiger partial charge in [-0.2, -0.15) is 0 Å². The van der Waals surface area contributed by atoms with Crippen molar-refractivity contribution in [3.05, 3.63) is 0 Å². The van der Waals surface area contributed by atoms with Gasteiger partial charge in [-0.3, -0.25) is 4.79 Å². The van der Waals surface area contributed by atoms with Crippen molar-refractivity contribution in [2.45, 2.75) is 37.8 Å². The third kappa shape index (κ3) is 2.08. The molecule has 3 unspecified atom stereocenters. The summed E-state index contributed by atoms with van der Waals surface area (Å²) in [6.45, 7) is 1.12. The molecule has 0 aromatic rings. The average Bonchev–Trinajstić information content (AvgIpc) is 2.46. The van der Waals surface area contributed by atoms with E-state index in [2.05, 4.69) is 16.6 Å². The molecule has 1 aliphatic heterocycles. The summed E-state index contributed by atoms with van der Waals surface area (Å²) < 4.78 is 0. The Morgan fingerprint density at radius 3 is 3.07 bits per heavy atom. The molecule has 3 heteroatoms. The minimum atomic E-state index is -0.00111. The van der Waals surface area contributed by atoms with Crippen LogP contribution in [0.3, 0.4) is 0 Å². The Kier molecular flexibility index (Phi) is 2.74. The number of nitrogens with one attached hydrogen (secondary N) is 2. The van der Waals surface area contributed by atoms with Crippen LogP contribution in [0.5, 0.6) is 0 Å². The highest BCUT2D eigenvalue weighted by molar-refractivity contribution is 5.78. The molecule has 76 valence electrons. The molecule has 2 aliphatic rings. The van der Waals surface area contributed by atoms with Crippen LogP contribution in [-0.4, -0.2) is 24.5 Å². The van der Waals surface area contributed by atoms with Gasteiger partial charge >= 0.3 is 0 Å². The first kappa shape index (κ1) is 9.54. The van der Waals surface area contributed by atoms with Gasteiger partial charge < -0.3 is 10.6 Å². The summed E-state index contributed by atoms with van der Waals surface area (Å²) in [4.78, 5) is 11.3. The van der Waals surface area contributed by atoms with E-state index < -0.39 is 0 Å². The maximum Gasteiger partial charge on any atom is 0.232 e. The summed E-state index contributed by atoms with van der Waals surface area (Å²) in [5.74, 6) is 3.12. The number of terminal acetylenes is 1. The van der Waals surface area contributed by atoms with Crippen molar-refractivity contribution >= 4 is 5.91 Å². The molecule has 1 aliphatic carbocycles. The van der Waals surface area contributed by atoms with Gasteiger partial charge in [0.2, 0.25) is 5.91 Å². The van der Waals surface area contributed by atoms with Crippen LogP contribution in [0.4, 0.5) is 0 Å². The number of hydrogen-bond acceptors (Lipinski definition) is 2. The predicted octanol–water partition coefficient (Wildman–Crippen LogP) is 0.266. The zero-order chi connectivity index (χ0) is 9.97. The number of fused-ring (bicyclic) bond motifs is 2. The average molecular weight is 192 g/mol. The lowest BCUT2D eigenvalue weighted by Gasteiger charge is -2.27. The van der Waals surface area contributed by atoms with Gasteiger partial charge in [0, 0.05) is 12.1 Å². The van der Waals surface area contributed by atoms with E-state index in [4.69, 9.17) is 6.42 Å². The molecule has 2 fully saturated rings. The van der Waals surface area contributed by atoms with Gasteiger partial charge in [0.1, 0.15) is 0 Å². The smallest absolute Gasteiger partial charge is 0.232 e. The van der Waals surface area contributed by atoms with Gasteiger partial charge in [-0.25, -0.2) is 0 Å². The molecule has 2 N–H and O–H groups in total. The molecule has 3 nitrogen and oxygen atoms in total. The van der Waals surface area contributed by atoms with Crippen LogP contribution in [-0.2, 0) is 4.79 Å². The fourth-order valence-electron chi connectivity index (χ4n) is 2.59. The molecule has 1 heterocycles. The molecule has 3 atom stereocenters. The maximum absolute atomic E-state index is 11.3. The molecular weight excluding hydrogens is 176 g/mol. The van der Waals surface area contributed by atoms with Gasteiger partial charge in [0.25, 0.3) is 0 Å². The van der Waals surface area contributed by atoms with Crippen LogP contribution in [0.25, 0.3) is 0 Å². The van der Waals surface area contributed by atoms with Crippen LogP contribution >= 0.6 is 0 Å². The SMILES string of the molecule is C#CCC(=O)NC1CC2CNC(C2)C1. The summed E-state index contributed by atoms with van der Waals surface area (Å²) in [7, 11) is 0. The Morgan fingerprint density at radius 2 is 2.36 bits per heavy atom. The van der Waals surface area contributed by atoms with Crippen molar-refractivity contribution in [2.75, 3.05) is 6.54 Å². The minimum absolute atomic E-state index is 0.00111. The highest BCUT2D eigenvalue weighted by Gasteiger charge is 2.34. The van der Waals surface area contributed by atoms with Crippen LogP contribution < -0.4 is 10.6 Å². The summed E-state index contributed by atoms with van der Waals surface area (Å²) in [5, 5.41) is 6.46. The van der Waals surface area contributed by atoms with Crippen molar-refractivity contribution in [1.82, 2.24) is 10.6 Å². The Balaban J connectivity index is 1.82. The number of carbonyl (C=O) groups excluding carboxylic acids is 1. The van der Waals surface area contributed by atoms with E-state index in [1.54, 1.807) is 0 Å². The summed E-state index contributed by atoms with van der Waals surface area (Å²) in [5.41, 5.74) is 0. The van der Waals surface area contributed by atoms with Crippen molar-refractivity contribution in [2.24, 2.45) is 5.92 Å². The lowest BCUT2D eigenvalue weighted by atomic mass is 9.86. The predicted molar refractivity (Wildman–Crippen MR) is 54.5 cm³/mol. The van der Waals surface area contributed by atoms with Crippen LogP contribution in [0.15, 0.2) is 0 Å². The summed E-state index contributed by atoms with van der Waals surface area (Å²) in [6.07, 6.45) is 8.74. The van der Waals surface area contributed by atoms with E-state index in [0.29, 0.717) is 12.1 Å². The number of amides is 1. The second-order valence-corrected chi connectivity index (χ2v) is 4.32. The molecule has 2 bridgehead atoms. The lowest BCUT2D eigenvalue weighted by Crippen LogP contribution is -2.41. The van der Waals surface area contributed by atoms with Gasteiger partial charge in [0.05, 0.1) is 6.42 Å². The highest BCUT2D eigenvalue weighted by atomic mass is 16.1. The van der Waals surface area contributed by atoms with Crippen molar-refractivity contribution in [3.8, 4) is 12.3 Å². The molecule has 0 aromatic carbocycles. The maximum atomic E-state index is 11.3. The van der Waals surface area contributed by atoms with Gasteiger partial charge in [0.15, 0.2) is 0 Å². The first-order chi connectivity index (χ1) is 6.78. The van der Waals surface area contributed by atoms with Crippen molar-refractivity contribution in [3.63, 3.8) is 0 Å². The van der Waals surface area contributed by atoms with Crippen LogP contribution in [0.2, 0.25) is 0 Å². The standard InChI is InChI=1S/C11H16N2O/c1-2-3-11(14)13-10-5-8-4-9(6-10)12-7-8/h1,8-10,12H,3-7H2,(H,13,14). The second kappa shape index (κ2) is 4.02. The van der Waals surface area contributed by atoms with Crippen LogP contribution in [0, 0.1) is 18.3 Å². The topological polar surface area (TPSA) is 41.1 Å². The Bertz CT molecular complexity index is 257. The molecule has 1 saturated heterocycles. The lowest BCUT2D eigenvalue weighted by molar-refractivity contribution is -0.121. The zero-order valence-electron chi connectivity index (χ0n) is 8.25. The highest BCUT2D eigenvalue weighted by Crippen LogP contribution is 2.29. The normalized spacial score (nSPS) is 34.9. The van der Waals surface area contributed by atoms with E-state index in [0.717, 1.165) is 25.3 Å². The Morgan fingerprint density at radius 1 is 1.50 bits per heavy atom. The third-order valence-electron chi connectivity index (χ3n) is 3.13.